The maximum Gasteiger partial charge on any atom is 0.266 e. The van der Waals surface area contributed by atoms with E-state index in [0.717, 1.165) is 51.6 Å². The first kappa shape index (κ1) is 28.8. The number of hydrogen-bond donors (Lipinski definition) is 2. The molecule has 1 saturated heterocycles. The van der Waals surface area contributed by atoms with Crippen molar-refractivity contribution in [2.45, 2.75) is 43.7 Å². The molecule has 2 atom stereocenters. The topological polar surface area (TPSA) is 83.4 Å². The second kappa shape index (κ2) is 13.3. The Morgan fingerprint density at radius 2 is 1.62 bits per heavy atom. The van der Waals surface area contributed by atoms with Gasteiger partial charge in [0.2, 0.25) is 5.90 Å². The van der Waals surface area contributed by atoms with Gasteiger partial charge in [-0.05, 0) is 72.5 Å². The van der Waals surface area contributed by atoms with E-state index in [4.69, 9.17) is 19.6 Å². The number of nitrogens with one attached hydrogen (secondary N) is 1. The van der Waals surface area contributed by atoms with Gasteiger partial charge in [0.15, 0.2) is 11.6 Å². The summed E-state index contributed by atoms with van der Waals surface area (Å²) in [7, 11) is 0. The number of aliphatic imine (C=N–C) groups is 1. The highest BCUT2D eigenvalue weighted by Crippen LogP contribution is 2.43. The van der Waals surface area contributed by atoms with Crippen LogP contribution in [0.15, 0.2) is 86.7 Å². The summed E-state index contributed by atoms with van der Waals surface area (Å²) >= 11 is 7.05. The van der Waals surface area contributed by atoms with Gasteiger partial charge in [-0.2, -0.15) is 0 Å². The minimum absolute atomic E-state index is 0.0835. The summed E-state index contributed by atoms with van der Waals surface area (Å²) in [5.41, 5.74) is 4.59. The molecule has 1 amide bonds. The summed E-state index contributed by atoms with van der Waals surface area (Å²) in [6, 6.07) is 23.4. The molecule has 1 fully saturated rings. The molecule has 0 unspecified atom stereocenters. The SMILES string of the molecule is O=C(NN1CCCCC1)[C@@]1(Cc2ccc(Br)cc2)N=C(c2ccc(OCCCO)cc2)O[C@H]1c1ccc(Br)cc1. The Bertz CT molecular complexity index is 1310. The number of nitrogens with zero attached hydrogens (tertiary/aromatic N) is 2. The summed E-state index contributed by atoms with van der Waals surface area (Å²) in [5, 5.41) is 11.0. The van der Waals surface area contributed by atoms with Crippen LogP contribution in [0.4, 0.5) is 0 Å². The molecule has 2 heterocycles. The third-order valence-corrected chi connectivity index (χ3v) is 8.26. The van der Waals surface area contributed by atoms with Crippen LogP contribution in [0.2, 0.25) is 0 Å². The molecule has 0 spiro atoms. The predicted molar refractivity (Wildman–Crippen MR) is 162 cm³/mol. The molecule has 0 bridgehead atoms. The van der Waals surface area contributed by atoms with Crippen LogP contribution >= 0.6 is 31.9 Å². The van der Waals surface area contributed by atoms with Gasteiger partial charge in [-0.3, -0.25) is 10.2 Å². The lowest BCUT2D eigenvalue weighted by atomic mass is 9.82. The third kappa shape index (κ3) is 6.77. The number of benzene rings is 3. The number of hydrazine groups is 1. The summed E-state index contributed by atoms with van der Waals surface area (Å²) in [6.45, 7) is 2.16. The Hall–Kier alpha value is -2.72. The molecule has 7 nitrogen and oxygen atoms in total. The Kier molecular flexibility index (Phi) is 9.57. The van der Waals surface area contributed by atoms with Gasteiger partial charge in [-0.25, -0.2) is 10.0 Å². The molecule has 9 heteroatoms. The van der Waals surface area contributed by atoms with Crippen LogP contribution in [0, 0.1) is 0 Å². The van der Waals surface area contributed by atoms with E-state index < -0.39 is 11.6 Å². The van der Waals surface area contributed by atoms with E-state index in [1.165, 1.54) is 6.42 Å². The van der Waals surface area contributed by atoms with Crippen molar-refractivity contribution in [2.24, 2.45) is 4.99 Å². The number of hydrogen-bond acceptors (Lipinski definition) is 6. The lowest BCUT2D eigenvalue weighted by Gasteiger charge is -2.34. The van der Waals surface area contributed by atoms with Crippen LogP contribution in [0.5, 0.6) is 5.75 Å². The molecular formula is C31H33Br2N3O4. The average molecular weight is 671 g/mol. The smallest absolute Gasteiger partial charge is 0.266 e. The molecule has 2 aliphatic rings. The van der Waals surface area contributed by atoms with Crippen LogP contribution in [0.1, 0.15) is 48.5 Å². The zero-order chi connectivity index (χ0) is 28.0. The number of carbonyl (C=O) groups excluding carboxylic acids is 1. The standard InChI is InChI=1S/C31H33Br2N3O4/c32-25-11-5-22(6-12-25)21-31(30(38)35-36-17-2-1-3-18-36)28(23-7-13-26(33)14-8-23)40-29(34-31)24-9-15-27(16-10-24)39-20-4-19-37/h5-16,28,37H,1-4,17-21H2,(H,35,38)/t28-,31-/m0/s1. The number of piperidine rings is 1. The molecule has 2 aliphatic heterocycles. The van der Waals surface area contributed by atoms with E-state index in [0.29, 0.717) is 31.1 Å². The van der Waals surface area contributed by atoms with E-state index in [2.05, 4.69) is 37.3 Å². The van der Waals surface area contributed by atoms with E-state index in [1.54, 1.807) is 0 Å². The minimum atomic E-state index is -1.23. The molecule has 210 valence electrons. The van der Waals surface area contributed by atoms with Crippen molar-refractivity contribution in [2.75, 3.05) is 26.3 Å². The molecule has 0 aromatic heterocycles. The predicted octanol–water partition coefficient (Wildman–Crippen LogP) is 5.99. The quantitative estimate of drug-likeness (QED) is 0.259. The Morgan fingerprint density at radius 3 is 2.27 bits per heavy atom. The zero-order valence-electron chi connectivity index (χ0n) is 22.2. The Morgan fingerprint density at radius 1 is 0.975 bits per heavy atom. The van der Waals surface area contributed by atoms with Gasteiger partial charge >= 0.3 is 0 Å². The fraction of sp³-hybridized carbons (Fsp3) is 0.355. The first-order valence-electron chi connectivity index (χ1n) is 13.6. The molecule has 2 N–H and O–H groups in total. The monoisotopic (exact) mass is 669 g/mol. The minimum Gasteiger partial charge on any atom is -0.494 e. The highest BCUT2D eigenvalue weighted by molar-refractivity contribution is 9.10. The van der Waals surface area contributed by atoms with Crippen molar-refractivity contribution in [1.29, 1.82) is 0 Å². The summed E-state index contributed by atoms with van der Waals surface area (Å²) in [5.74, 6) is 0.939. The van der Waals surface area contributed by atoms with Crippen molar-refractivity contribution >= 4 is 43.7 Å². The van der Waals surface area contributed by atoms with Gasteiger partial charge in [0.05, 0.1) is 6.61 Å². The number of amides is 1. The summed E-state index contributed by atoms with van der Waals surface area (Å²) in [6.07, 6.45) is 3.57. The molecule has 3 aromatic rings. The second-order valence-corrected chi connectivity index (χ2v) is 12.0. The van der Waals surface area contributed by atoms with Gasteiger partial charge in [0.25, 0.3) is 5.91 Å². The highest BCUT2D eigenvalue weighted by Gasteiger charge is 2.53. The lowest BCUT2D eigenvalue weighted by Crippen LogP contribution is -2.56. The van der Waals surface area contributed by atoms with Crippen molar-refractivity contribution in [1.82, 2.24) is 10.4 Å². The van der Waals surface area contributed by atoms with Crippen LogP contribution < -0.4 is 10.2 Å². The van der Waals surface area contributed by atoms with Gasteiger partial charge in [-0.1, -0.05) is 62.5 Å². The summed E-state index contributed by atoms with van der Waals surface area (Å²) in [4.78, 5) is 19.5. The number of carbonyl (C=O) groups is 1. The molecule has 3 aromatic carbocycles. The van der Waals surface area contributed by atoms with Crippen molar-refractivity contribution in [3.63, 3.8) is 0 Å². The largest absolute Gasteiger partial charge is 0.494 e. The van der Waals surface area contributed by atoms with Crippen LogP contribution in [-0.4, -0.2) is 53.8 Å². The molecule has 0 saturated carbocycles. The van der Waals surface area contributed by atoms with Gasteiger partial charge < -0.3 is 14.6 Å². The Balaban J connectivity index is 1.54. The molecule has 5 rings (SSSR count). The van der Waals surface area contributed by atoms with Gasteiger partial charge in [0.1, 0.15) is 5.75 Å². The number of aliphatic hydroxyl groups is 1. The van der Waals surface area contributed by atoms with E-state index >= 15 is 0 Å². The molecular weight excluding hydrogens is 638 g/mol. The lowest BCUT2D eigenvalue weighted by molar-refractivity contribution is -0.134. The maximum atomic E-state index is 14.3. The van der Waals surface area contributed by atoms with Crippen LogP contribution in [0.3, 0.4) is 0 Å². The van der Waals surface area contributed by atoms with Crippen molar-refractivity contribution in [3.8, 4) is 5.75 Å². The molecule has 40 heavy (non-hydrogen) atoms. The maximum absolute atomic E-state index is 14.3. The van der Waals surface area contributed by atoms with E-state index in [-0.39, 0.29) is 12.5 Å². The number of aliphatic hydroxyl groups excluding tert-OH is 1. The third-order valence-electron chi connectivity index (χ3n) is 7.21. The fourth-order valence-corrected chi connectivity index (χ4v) is 5.61. The first-order valence-corrected chi connectivity index (χ1v) is 15.2. The normalized spacial score (nSPS) is 21.0. The fourth-order valence-electron chi connectivity index (χ4n) is 5.08. The van der Waals surface area contributed by atoms with Gasteiger partial charge in [0, 0.05) is 47.0 Å². The van der Waals surface area contributed by atoms with E-state index in [9.17, 15) is 4.79 Å². The highest BCUT2D eigenvalue weighted by atomic mass is 79.9. The average Bonchev–Trinajstić information content (AvgIpc) is 3.36. The number of halogens is 2. The van der Waals surface area contributed by atoms with Gasteiger partial charge in [-0.15, -0.1) is 0 Å². The van der Waals surface area contributed by atoms with Crippen molar-refractivity contribution < 1.29 is 19.4 Å². The van der Waals surface area contributed by atoms with Crippen LogP contribution in [-0.2, 0) is 16.0 Å². The summed E-state index contributed by atoms with van der Waals surface area (Å²) < 4.78 is 14.2. The van der Waals surface area contributed by atoms with Crippen LogP contribution in [0.25, 0.3) is 0 Å². The second-order valence-electron chi connectivity index (χ2n) is 10.1. The molecule has 0 radical (unpaired) electrons. The first-order chi connectivity index (χ1) is 19.5. The number of ether oxygens (including phenoxy) is 2. The Labute approximate surface area is 251 Å². The zero-order valence-corrected chi connectivity index (χ0v) is 25.4. The number of rotatable bonds is 10. The van der Waals surface area contributed by atoms with E-state index in [1.807, 2.05) is 77.8 Å². The molecule has 0 aliphatic carbocycles. The van der Waals surface area contributed by atoms with Crippen molar-refractivity contribution in [3.05, 3.63) is 98.4 Å².